The van der Waals surface area contributed by atoms with E-state index in [1.807, 2.05) is 24.8 Å². The minimum atomic E-state index is -0.624. The second-order valence-electron chi connectivity index (χ2n) is 7.77. The monoisotopic (exact) mass is 435 g/mol. The first-order chi connectivity index (χ1) is 12.9. The Morgan fingerprint density at radius 1 is 1.26 bits per heavy atom. The lowest BCUT2D eigenvalue weighted by Crippen LogP contribution is -2.50. The quantitative estimate of drug-likeness (QED) is 0.689. The normalized spacial score (nSPS) is 20.7. The molecular formula is C20H26BrN3O3. The van der Waals surface area contributed by atoms with Crippen molar-refractivity contribution in [3.8, 4) is 0 Å². The van der Waals surface area contributed by atoms with Crippen LogP contribution in [0.15, 0.2) is 28.7 Å². The number of hydrogen-bond acceptors (Lipinski definition) is 3. The molecule has 0 bridgehead atoms. The lowest BCUT2D eigenvalue weighted by molar-refractivity contribution is -0.128. The third-order valence-electron chi connectivity index (χ3n) is 5.15. The Morgan fingerprint density at radius 2 is 1.96 bits per heavy atom. The van der Waals surface area contributed by atoms with Gasteiger partial charge in [-0.15, -0.1) is 0 Å². The minimum absolute atomic E-state index is 0.0513. The fraction of sp³-hybridized carbons (Fsp3) is 0.550. The molecule has 1 saturated carbocycles. The van der Waals surface area contributed by atoms with E-state index in [0.29, 0.717) is 29.0 Å². The van der Waals surface area contributed by atoms with E-state index in [1.165, 1.54) is 0 Å². The predicted octanol–water partition coefficient (Wildman–Crippen LogP) is 2.33. The molecule has 2 aliphatic rings. The summed E-state index contributed by atoms with van der Waals surface area (Å²) in [5, 5.41) is 5.77. The summed E-state index contributed by atoms with van der Waals surface area (Å²) in [5.41, 5.74) is 0.498. The molecule has 2 unspecified atom stereocenters. The van der Waals surface area contributed by atoms with Crippen LogP contribution in [0.3, 0.4) is 0 Å². The Bertz CT molecular complexity index is 733. The molecule has 6 nitrogen and oxygen atoms in total. The van der Waals surface area contributed by atoms with Crippen LogP contribution in [0, 0.1) is 11.8 Å². The summed E-state index contributed by atoms with van der Waals surface area (Å²) in [7, 11) is 0. The Labute approximate surface area is 168 Å². The fourth-order valence-electron chi connectivity index (χ4n) is 3.44. The highest BCUT2D eigenvalue weighted by Crippen LogP contribution is 2.32. The molecule has 1 aliphatic carbocycles. The fourth-order valence-corrected chi connectivity index (χ4v) is 3.90. The molecule has 1 aliphatic heterocycles. The molecule has 0 spiro atoms. The largest absolute Gasteiger partial charge is 0.354 e. The smallest absolute Gasteiger partial charge is 0.253 e. The van der Waals surface area contributed by atoms with Crippen molar-refractivity contribution < 1.29 is 14.4 Å². The highest BCUT2D eigenvalue weighted by atomic mass is 79.9. The molecule has 1 aromatic rings. The van der Waals surface area contributed by atoms with Crippen molar-refractivity contribution in [1.29, 1.82) is 0 Å². The van der Waals surface area contributed by atoms with Crippen molar-refractivity contribution in [3.63, 3.8) is 0 Å². The molecule has 3 amide bonds. The number of nitrogens with one attached hydrogen (secondary N) is 2. The highest BCUT2D eigenvalue weighted by Gasteiger charge is 2.39. The summed E-state index contributed by atoms with van der Waals surface area (Å²) in [6.45, 7) is 4.98. The SMILES string of the molecule is CC(C)C(NC(=O)c1ccccc1Br)C(=O)NCC1CC(=O)N(C2CC2)C1. The van der Waals surface area contributed by atoms with Gasteiger partial charge in [-0.25, -0.2) is 0 Å². The molecule has 3 rings (SSSR count). The van der Waals surface area contributed by atoms with Gasteiger partial charge < -0.3 is 15.5 Å². The van der Waals surface area contributed by atoms with Crippen LogP contribution < -0.4 is 10.6 Å². The number of carbonyl (C=O) groups is 3. The number of halogens is 1. The van der Waals surface area contributed by atoms with Crippen molar-refractivity contribution >= 4 is 33.7 Å². The van der Waals surface area contributed by atoms with Gasteiger partial charge in [0.25, 0.3) is 5.91 Å². The van der Waals surface area contributed by atoms with E-state index >= 15 is 0 Å². The molecule has 1 heterocycles. The molecular weight excluding hydrogens is 410 g/mol. The van der Waals surface area contributed by atoms with Gasteiger partial charge in [0.05, 0.1) is 5.56 Å². The van der Waals surface area contributed by atoms with E-state index in [1.54, 1.807) is 18.2 Å². The van der Waals surface area contributed by atoms with E-state index in [4.69, 9.17) is 0 Å². The minimum Gasteiger partial charge on any atom is -0.354 e. The van der Waals surface area contributed by atoms with Gasteiger partial charge in [-0.05, 0) is 46.8 Å². The van der Waals surface area contributed by atoms with Gasteiger partial charge in [0.1, 0.15) is 6.04 Å². The number of nitrogens with zero attached hydrogens (tertiary/aromatic N) is 1. The average Bonchev–Trinajstić information content (AvgIpc) is 3.40. The Kier molecular flexibility index (Phi) is 6.19. The first-order valence-corrected chi connectivity index (χ1v) is 10.3. The number of rotatable bonds is 7. The zero-order valence-corrected chi connectivity index (χ0v) is 17.3. The van der Waals surface area contributed by atoms with Gasteiger partial charge in [-0.1, -0.05) is 26.0 Å². The van der Waals surface area contributed by atoms with Crippen LogP contribution in [0.4, 0.5) is 0 Å². The molecule has 1 saturated heterocycles. The highest BCUT2D eigenvalue weighted by molar-refractivity contribution is 9.10. The molecule has 27 heavy (non-hydrogen) atoms. The number of benzene rings is 1. The molecule has 7 heteroatoms. The summed E-state index contributed by atoms with van der Waals surface area (Å²) in [4.78, 5) is 39.2. The van der Waals surface area contributed by atoms with E-state index in [9.17, 15) is 14.4 Å². The maximum atomic E-state index is 12.7. The average molecular weight is 436 g/mol. The van der Waals surface area contributed by atoms with Crippen molar-refractivity contribution in [1.82, 2.24) is 15.5 Å². The van der Waals surface area contributed by atoms with Crippen LogP contribution in [0.25, 0.3) is 0 Å². The Balaban J connectivity index is 1.55. The van der Waals surface area contributed by atoms with Crippen molar-refractivity contribution in [2.45, 2.75) is 45.2 Å². The Morgan fingerprint density at radius 3 is 2.59 bits per heavy atom. The summed E-state index contributed by atoms with van der Waals surface area (Å²) in [6, 6.07) is 6.92. The molecule has 146 valence electrons. The zero-order valence-electron chi connectivity index (χ0n) is 15.7. The number of hydrogen-bond donors (Lipinski definition) is 2. The molecule has 0 radical (unpaired) electrons. The molecule has 2 atom stereocenters. The van der Waals surface area contributed by atoms with Crippen LogP contribution in [0.5, 0.6) is 0 Å². The Hall–Kier alpha value is -1.89. The van der Waals surface area contributed by atoms with Gasteiger partial charge in [0, 0.05) is 35.9 Å². The first kappa shape index (κ1) is 19.9. The van der Waals surface area contributed by atoms with Gasteiger partial charge in [0.2, 0.25) is 11.8 Å². The van der Waals surface area contributed by atoms with Crippen molar-refractivity contribution in [2.75, 3.05) is 13.1 Å². The topological polar surface area (TPSA) is 78.5 Å². The molecule has 2 N–H and O–H groups in total. The summed E-state index contributed by atoms with van der Waals surface area (Å²) in [5.74, 6) is -0.201. The predicted molar refractivity (Wildman–Crippen MR) is 106 cm³/mol. The third-order valence-corrected chi connectivity index (χ3v) is 5.84. The summed E-state index contributed by atoms with van der Waals surface area (Å²) in [6.07, 6.45) is 2.69. The number of likely N-dealkylation sites (tertiary alicyclic amines) is 1. The lowest BCUT2D eigenvalue weighted by atomic mass is 10.0. The van der Waals surface area contributed by atoms with E-state index in [0.717, 1.165) is 19.4 Å². The zero-order chi connectivity index (χ0) is 19.6. The first-order valence-electron chi connectivity index (χ1n) is 9.49. The summed E-state index contributed by atoms with van der Waals surface area (Å²) < 4.78 is 0.690. The van der Waals surface area contributed by atoms with Crippen LogP contribution >= 0.6 is 15.9 Å². The van der Waals surface area contributed by atoms with Crippen molar-refractivity contribution in [3.05, 3.63) is 34.3 Å². The molecule has 0 aromatic heterocycles. The van der Waals surface area contributed by atoms with Crippen LogP contribution in [0.2, 0.25) is 0 Å². The van der Waals surface area contributed by atoms with Gasteiger partial charge in [-0.2, -0.15) is 0 Å². The second-order valence-corrected chi connectivity index (χ2v) is 8.62. The maximum absolute atomic E-state index is 12.7. The molecule has 1 aromatic carbocycles. The van der Waals surface area contributed by atoms with Crippen molar-refractivity contribution in [2.24, 2.45) is 11.8 Å². The lowest BCUT2D eigenvalue weighted by Gasteiger charge is -2.23. The van der Waals surface area contributed by atoms with Crippen LogP contribution in [-0.2, 0) is 9.59 Å². The summed E-state index contributed by atoms with van der Waals surface area (Å²) >= 11 is 3.37. The van der Waals surface area contributed by atoms with Gasteiger partial charge in [0.15, 0.2) is 0 Å². The standard InChI is InChI=1S/C20H26BrN3O3/c1-12(2)18(23-19(26)15-5-3-4-6-16(15)21)20(27)22-10-13-9-17(25)24(11-13)14-7-8-14/h3-6,12-14,18H,7-11H2,1-2H3,(H,22,27)(H,23,26). The van der Waals surface area contributed by atoms with E-state index < -0.39 is 6.04 Å². The van der Waals surface area contributed by atoms with E-state index in [2.05, 4.69) is 26.6 Å². The second kappa shape index (κ2) is 8.42. The van der Waals surface area contributed by atoms with Crippen LogP contribution in [-0.4, -0.2) is 47.8 Å². The van der Waals surface area contributed by atoms with E-state index in [-0.39, 0.29) is 29.6 Å². The third kappa shape index (κ3) is 4.89. The maximum Gasteiger partial charge on any atom is 0.253 e. The van der Waals surface area contributed by atoms with Crippen LogP contribution in [0.1, 0.15) is 43.5 Å². The van der Waals surface area contributed by atoms with Gasteiger partial charge >= 0.3 is 0 Å². The number of carbonyl (C=O) groups excluding carboxylic acids is 3. The number of amides is 3. The molecule has 2 fully saturated rings. The van der Waals surface area contributed by atoms with Gasteiger partial charge in [-0.3, -0.25) is 14.4 Å².